The first-order valence-electron chi connectivity index (χ1n) is 7.13. The van der Waals surface area contributed by atoms with Gasteiger partial charge in [0.1, 0.15) is 0 Å². The molecule has 0 bridgehead atoms. The molecule has 21 heavy (non-hydrogen) atoms. The van der Waals surface area contributed by atoms with Crippen LogP contribution < -0.4 is 19.5 Å². The van der Waals surface area contributed by atoms with E-state index in [9.17, 15) is 0 Å². The van der Waals surface area contributed by atoms with Crippen LogP contribution in [-0.2, 0) is 0 Å². The molecule has 2 unspecified atom stereocenters. The van der Waals surface area contributed by atoms with Crippen molar-refractivity contribution in [2.75, 3.05) is 34.1 Å². The predicted molar refractivity (Wildman–Crippen MR) is 90.1 cm³/mol. The molecule has 0 spiro atoms. The molecule has 0 aliphatic rings. The van der Waals surface area contributed by atoms with Gasteiger partial charge in [-0.2, -0.15) is 11.8 Å². The van der Waals surface area contributed by atoms with Gasteiger partial charge in [0.05, 0.1) is 21.3 Å². The summed E-state index contributed by atoms with van der Waals surface area (Å²) in [4.78, 5) is 0. The lowest BCUT2D eigenvalue weighted by molar-refractivity contribution is 0.323. The smallest absolute Gasteiger partial charge is 0.203 e. The zero-order valence-electron chi connectivity index (χ0n) is 13.9. The fourth-order valence-corrected chi connectivity index (χ4v) is 2.44. The van der Waals surface area contributed by atoms with Gasteiger partial charge in [-0.15, -0.1) is 0 Å². The SMILES string of the molecule is COc1cc(C(C)NCCC(C)SC)cc(OC)c1OC. The third-order valence-electron chi connectivity index (χ3n) is 3.59. The van der Waals surface area contributed by atoms with Crippen LogP contribution >= 0.6 is 11.8 Å². The lowest BCUT2D eigenvalue weighted by Crippen LogP contribution is -2.22. The highest BCUT2D eigenvalue weighted by molar-refractivity contribution is 7.99. The number of hydrogen-bond donors (Lipinski definition) is 1. The van der Waals surface area contributed by atoms with Crippen molar-refractivity contribution < 1.29 is 14.2 Å². The van der Waals surface area contributed by atoms with Gasteiger partial charge in [-0.3, -0.25) is 0 Å². The number of nitrogens with one attached hydrogen (secondary N) is 1. The highest BCUT2D eigenvalue weighted by atomic mass is 32.2. The quantitative estimate of drug-likeness (QED) is 0.755. The average Bonchev–Trinajstić information content (AvgIpc) is 2.52. The molecular formula is C16H27NO3S. The maximum Gasteiger partial charge on any atom is 0.203 e. The molecule has 0 radical (unpaired) electrons. The third-order valence-corrected chi connectivity index (χ3v) is 4.63. The Balaban J connectivity index is 2.82. The molecule has 5 heteroatoms. The molecule has 1 N–H and O–H groups in total. The standard InChI is InChI=1S/C16H27NO3S/c1-11(21-6)7-8-17-12(2)13-9-14(18-3)16(20-5)15(10-13)19-4/h9-12,17H,7-8H2,1-6H3. The third kappa shape index (κ3) is 5.00. The molecule has 0 heterocycles. The average molecular weight is 313 g/mol. The molecule has 0 aliphatic carbocycles. The van der Waals surface area contributed by atoms with Crippen LogP contribution in [0.4, 0.5) is 0 Å². The second-order valence-corrected chi connectivity index (χ2v) is 6.25. The zero-order valence-corrected chi connectivity index (χ0v) is 14.7. The number of benzene rings is 1. The first-order chi connectivity index (χ1) is 10.1. The Kier molecular flexibility index (Phi) is 7.75. The van der Waals surface area contributed by atoms with Crippen molar-refractivity contribution in [1.29, 1.82) is 0 Å². The Morgan fingerprint density at radius 2 is 1.62 bits per heavy atom. The zero-order chi connectivity index (χ0) is 15.8. The van der Waals surface area contributed by atoms with Gasteiger partial charge in [0.15, 0.2) is 11.5 Å². The van der Waals surface area contributed by atoms with E-state index in [-0.39, 0.29) is 6.04 Å². The predicted octanol–water partition coefficient (Wildman–Crippen LogP) is 3.50. The monoisotopic (exact) mass is 313 g/mol. The van der Waals surface area contributed by atoms with Crippen molar-refractivity contribution in [3.8, 4) is 17.2 Å². The molecule has 1 aromatic rings. The van der Waals surface area contributed by atoms with Gasteiger partial charge < -0.3 is 19.5 Å². The lowest BCUT2D eigenvalue weighted by Gasteiger charge is -2.19. The first kappa shape index (κ1) is 18.0. The molecule has 0 aromatic heterocycles. The van der Waals surface area contributed by atoms with Crippen molar-refractivity contribution in [3.63, 3.8) is 0 Å². The van der Waals surface area contributed by atoms with Crippen LogP contribution in [0.3, 0.4) is 0 Å². The largest absolute Gasteiger partial charge is 0.493 e. The minimum atomic E-state index is 0.229. The van der Waals surface area contributed by atoms with Gasteiger partial charge in [0.2, 0.25) is 5.75 Å². The summed E-state index contributed by atoms with van der Waals surface area (Å²) >= 11 is 1.89. The molecule has 1 aromatic carbocycles. The Hall–Kier alpha value is -1.07. The van der Waals surface area contributed by atoms with Crippen LogP contribution in [0.5, 0.6) is 17.2 Å². The minimum absolute atomic E-state index is 0.229. The van der Waals surface area contributed by atoms with Gasteiger partial charge in [-0.1, -0.05) is 6.92 Å². The maximum atomic E-state index is 5.39. The van der Waals surface area contributed by atoms with E-state index in [0.29, 0.717) is 22.5 Å². The molecule has 120 valence electrons. The van der Waals surface area contributed by atoms with Crippen molar-refractivity contribution in [3.05, 3.63) is 17.7 Å². The maximum absolute atomic E-state index is 5.39. The lowest BCUT2D eigenvalue weighted by atomic mass is 10.1. The summed E-state index contributed by atoms with van der Waals surface area (Å²) in [7, 11) is 4.89. The van der Waals surface area contributed by atoms with E-state index in [2.05, 4.69) is 25.4 Å². The molecular weight excluding hydrogens is 286 g/mol. The van der Waals surface area contributed by atoms with E-state index >= 15 is 0 Å². The Bertz CT molecular complexity index is 415. The summed E-state index contributed by atoms with van der Waals surface area (Å²) in [5, 5.41) is 4.21. The Labute approximate surface area is 132 Å². The molecule has 0 fully saturated rings. The van der Waals surface area contributed by atoms with Gasteiger partial charge in [-0.05, 0) is 43.8 Å². The van der Waals surface area contributed by atoms with Gasteiger partial charge in [0, 0.05) is 11.3 Å². The van der Waals surface area contributed by atoms with Gasteiger partial charge in [0.25, 0.3) is 0 Å². The Morgan fingerprint density at radius 3 is 2.05 bits per heavy atom. The molecule has 0 amide bonds. The van der Waals surface area contributed by atoms with E-state index in [0.717, 1.165) is 18.5 Å². The van der Waals surface area contributed by atoms with E-state index in [4.69, 9.17) is 14.2 Å². The number of thioether (sulfide) groups is 1. The molecule has 2 atom stereocenters. The Morgan fingerprint density at radius 1 is 1.05 bits per heavy atom. The number of methoxy groups -OCH3 is 3. The van der Waals surface area contributed by atoms with Crippen LogP contribution in [0.2, 0.25) is 0 Å². The van der Waals surface area contributed by atoms with Crippen molar-refractivity contribution in [2.24, 2.45) is 0 Å². The van der Waals surface area contributed by atoms with Crippen LogP contribution in [0.15, 0.2) is 12.1 Å². The highest BCUT2D eigenvalue weighted by Gasteiger charge is 2.16. The van der Waals surface area contributed by atoms with Crippen molar-refractivity contribution in [1.82, 2.24) is 5.32 Å². The van der Waals surface area contributed by atoms with Crippen LogP contribution in [0.1, 0.15) is 31.9 Å². The second kappa shape index (κ2) is 9.05. The fourth-order valence-electron chi connectivity index (χ4n) is 2.09. The summed E-state index contributed by atoms with van der Waals surface area (Å²) in [6, 6.07) is 4.22. The van der Waals surface area contributed by atoms with E-state index in [1.807, 2.05) is 23.9 Å². The number of ether oxygens (including phenoxy) is 3. The highest BCUT2D eigenvalue weighted by Crippen LogP contribution is 2.39. The van der Waals surface area contributed by atoms with Crippen molar-refractivity contribution in [2.45, 2.75) is 31.6 Å². The summed E-state index contributed by atoms with van der Waals surface area (Å²) in [5.74, 6) is 2.02. The summed E-state index contributed by atoms with van der Waals surface area (Å²) < 4.78 is 16.1. The summed E-state index contributed by atoms with van der Waals surface area (Å²) in [6.45, 7) is 5.38. The first-order valence-corrected chi connectivity index (χ1v) is 8.42. The molecule has 0 saturated heterocycles. The minimum Gasteiger partial charge on any atom is -0.493 e. The second-order valence-electron chi connectivity index (χ2n) is 4.97. The molecule has 0 saturated carbocycles. The molecule has 0 aliphatic heterocycles. The van der Waals surface area contributed by atoms with Crippen LogP contribution in [-0.4, -0.2) is 39.4 Å². The van der Waals surface area contributed by atoms with E-state index in [1.165, 1.54) is 0 Å². The molecule has 4 nitrogen and oxygen atoms in total. The number of rotatable bonds is 9. The topological polar surface area (TPSA) is 39.7 Å². The van der Waals surface area contributed by atoms with Gasteiger partial charge in [-0.25, -0.2) is 0 Å². The van der Waals surface area contributed by atoms with Crippen LogP contribution in [0.25, 0.3) is 0 Å². The summed E-state index contributed by atoms with van der Waals surface area (Å²) in [6.07, 6.45) is 3.29. The normalized spacial score (nSPS) is 13.6. The summed E-state index contributed by atoms with van der Waals surface area (Å²) in [5.41, 5.74) is 1.13. The van der Waals surface area contributed by atoms with Crippen LogP contribution in [0, 0.1) is 0 Å². The number of hydrogen-bond acceptors (Lipinski definition) is 5. The fraction of sp³-hybridized carbons (Fsp3) is 0.625. The van der Waals surface area contributed by atoms with Gasteiger partial charge >= 0.3 is 0 Å². The van der Waals surface area contributed by atoms with Crippen molar-refractivity contribution >= 4 is 11.8 Å². The van der Waals surface area contributed by atoms with E-state index < -0.39 is 0 Å². The molecule has 1 rings (SSSR count). The van der Waals surface area contributed by atoms with E-state index in [1.54, 1.807) is 21.3 Å².